The standard InChI is InChI=1S/C18H21NO/c1-13(19-18(20)15-8-2-3-9-15)16-12-6-10-14-7-4-5-11-17(14)16/h4-7,10-13,15H,2-3,8-9H2,1H3,(H,19,20). The maximum absolute atomic E-state index is 12.3. The summed E-state index contributed by atoms with van der Waals surface area (Å²) >= 11 is 0. The molecule has 0 heterocycles. The van der Waals surface area contributed by atoms with Gasteiger partial charge in [0.25, 0.3) is 0 Å². The Morgan fingerprint density at radius 2 is 1.80 bits per heavy atom. The monoisotopic (exact) mass is 267 g/mol. The average Bonchev–Trinajstić information content (AvgIpc) is 3.01. The van der Waals surface area contributed by atoms with E-state index < -0.39 is 0 Å². The Bertz CT molecular complexity index is 608. The number of rotatable bonds is 3. The van der Waals surface area contributed by atoms with Crippen molar-refractivity contribution in [2.75, 3.05) is 0 Å². The largest absolute Gasteiger partial charge is 0.349 e. The zero-order valence-electron chi connectivity index (χ0n) is 11.9. The Kier molecular flexibility index (Phi) is 3.72. The molecule has 20 heavy (non-hydrogen) atoms. The topological polar surface area (TPSA) is 29.1 Å². The number of nitrogens with one attached hydrogen (secondary N) is 1. The summed E-state index contributed by atoms with van der Waals surface area (Å²) in [5.41, 5.74) is 1.20. The van der Waals surface area contributed by atoms with Crippen LogP contribution in [0.25, 0.3) is 10.8 Å². The molecule has 0 radical (unpaired) electrons. The molecule has 1 N–H and O–H groups in total. The lowest BCUT2D eigenvalue weighted by Gasteiger charge is -2.19. The molecule has 1 unspecified atom stereocenters. The van der Waals surface area contributed by atoms with E-state index >= 15 is 0 Å². The van der Waals surface area contributed by atoms with Gasteiger partial charge in [-0.05, 0) is 36.1 Å². The Labute approximate surface area is 120 Å². The van der Waals surface area contributed by atoms with Crippen molar-refractivity contribution < 1.29 is 4.79 Å². The fourth-order valence-electron chi connectivity index (χ4n) is 3.23. The molecule has 3 rings (SSSR count). The van der Waals surface area contributed by atoms with Gasteiger partial charge in [-0.3, -0.25) is 4.79 Å². The first-order valence-corrected chi connectivity index (χ1v) is 7.54. The zero-order valence-corrected chi connectivity index (χ0v) is 11.9. The molecule has 2 aromatic rings. The highest BCUT2D eigenvalue weighted by Crippen LogP contribution is 2.27. The van der Waals surface area contributed by atoms with Crippen molar-refractivity contribution >= 4 is 16.7 Å². The van der Waals surface area contributed by atoms with E-state index in [1.54, 1.807) is 0 Å². The predicted molar refractivity (Wildman–Crippen MR) is 82.5 cm³/mol. The minimum absolute atomic E-state index is 0.0641. The van der Waals surface area contributed by atoms with Crippen LogP contribution in [0.15, 0.2) is 42.5 Å². The highest BCUT2D eigenvalue weighted by Gasteiger charge is 2.24. The van der Waals surface area contributed by atoms with Crippen molar-refractivity contribution in [2.45, 2.75) is 38.6 Å². The van der Waals surface area contributed by atoms with Gasteiger partial charge in [0.1, 0.15) is 0 Å². The van der Waals surface area contributed by atoms with E-state index in [0.29, 0.717) is 0 Å². The molecule has 0 spiro atoms. The van der Waals surface area contributed by atoms with Crippen molar-refractivity contribution in [1.29, 1.82) is 0 Å². The van der Waals surface area contributed by atoms with Gasteiger partial charge in [0.15, 0.2) is 0 Å². The van der Waals surface area contributed by atoms with E-state index in [-0.39, 0.29) is 17.9 Å². The van der Waals surface area contributed by atoms with E-state index in [0.717, 1.165) is 12.8 Å². The summed E-state index contributed by atoms with van der Waals surface area (Å²) in [5, 5.41) is 5.65. The number of hydrogen-bond donors (Lipinski definition) is 1. The van der Waals surface area contributed by atoms with Crippen LogP contribution in [0, 0.1) is 5.92 Å². The molecule has 2 aromatic carbocycles. The summed E-state index contributed by atoms with van der Waals surface area (Å²) in [5.74, 6) is 0.454. The molecule has 1 amide bonds. The summed E-state index contributed by atoms with van der Waals surface area (Å²) in [4.78, 5) is 12.3. The van der Waals surface area contributed by atoms with Gasteiger partial charge >= 0.3 is 0 Å². The van der Waals surface area contributed by atoms with Crippen molar-refractivity contribution in [3.63, 3.8) is 0 Å². The van der Waals surface area contributed by atoms with E-state index in [1.165, 1.54) is 29.2 Å². The second-order valence-corrected chi connectivity index (χ2v) is 5.78. The average molecular weight is 267 g/mol. The van der Waals surface area contributed by atoms with Gasteiger partial charge in [-0.15, -0.1) is 0 Å². The fraction of sp³-hybridized carbons (Fsp3) is 0.389. The third kappa shape index (κ3) is 2.55. The van der Waals surface area contributed by atoms with Crippen molar-refractivity contribution in [2.24, 2.45) is 5.92 Å². The van der Waals surface area contributed by atoms with Crippen LogP contribution < -0.4 is 5.32 Å². The molecule has 104 valence electrons. The highest BCUT2D eigenvalue weighted by molar-refractivity contribution is 5.87. The van der Waals surface area contributed by atoms with Crippen LogP contribution in [0.5, 0.6) is 0 Å². The Balaban J connectivity index is 1.81. The Morgan fingerprint density at radius 1 is 1.10 bits per heavy atom. The second kappa shape index (κ2) is 5.66. The van der Waals surface area contributed by atoms with Crippen molar-refractivity contribution in [3.8, 4) is 0 Å². The summed E-state index contributed by atoms with van der Waals surface area (Å²) in [7, 11) is 0. The van der Waals surface area contributed by atoms with Crippen molar-refractivity contribution in [1.82, 2.24) is 5.32 Å². The molecule has 1 aliphatic rings. The van der Waals surface area contributed by atoms with Crippen LogP contribution in [0.1, 0.15) is 44.2 Å². The minimum Gasteiger partial charge on any atom is -0.349 e. The van der Waals surface area contributed by atoms with Gasteiger partial charge in [-0.2, -0.15) is 0 Å². The molecule has 0 bridgehead atoms. The molecule has 0 aromatic heterocycles. The summed E-state index contributed by atoms with van der Waals surface area (Å²) in [6.07, 6.45) is 4.49. The number of hydrogen-bond acceptors (Lipinski definition) is 1. The van der Waals surface area contributed by atoms with Crippen LogP contribution in [0.4, 0.5) is 0 Å². The maximum Gasteiger partial charge on any atom is 0.223 e. The molecule has 2 heteroatoms. The summed E-state index contributed by atoms with van der Waals surface area (Å²) < 4.78 is 0. The Hall–Kier alpha value is -1.83. The number of benzene rings is 2. The first-order chi connectivity index (χ1) is 9.75. The maximum atomic E-state index is 12.3. The fourth-order valence-corrected chi connectivity index (χ4v) is 3.23. The minimum atomic E-state index is 0.0641. The first-order valence-electron chi connectivity index (χ1n) is 7.54. The lowest BCUT2D eigenvalue weighted by Crippen LogP contribution is -2.31. The number of amides is 1. The van der Waals surface area contributed by atoms with Gasteiger partial charge in [0.2, 0.25) is 5.91 Å². The van der Waals surface area contributed by atoms with Gasteiger partial charge in [-0.1, -0.05) is 55.3 Å². The molecule has 0 aliphatic heterocycles. The Morgan fingerprint density at radius 3 is 2.60 bits per heavy atom. The quantitative estimate of drug-likeness (QED) is 0.887. The molecular formula is C18H21NO. The number of carbonyl (C=O) groups excluding carboxylic acids is 1. The van der Waals surface area contributed by atoms with Gasteiger partial charge in [0.05, 0.1) is 6.04 Å². The van der Waals surface area contributed by atoms with E-state index in [9.17, 15) is 4.79 Å². The zero-order chi connectivity index (χ0) is 13.9. The first kappa shape index (κ1) is 13.2. The van der Waals surface area contributed by atoms with Crippen LogP contribution >= 0.6 is 0 Å². The highest BCUT2D eigenvalue weighted by atomic mass is 16.1. The second-order valence-electron chi connectivity index (χ2n) is 5.78. The van der Waals surface area contributed by atoms with Gasteiger partial charge in [-0.25, -0.2) is 0 Å². The molecule has 1 aliphatic carbocycles. The van der Waals surface area contributed by atoms with Crippen LogP contribution in [0.2, 0.25) is 0 Å². The van der Waals surface area contributed by atoms with E-state index in [4.69, 9.17) is 0 Å². The van der Waals surface area contributed by atoms with E-state index in [2.05, 4.69) is 48.6 Å². The molecular weight excluding hydrogens is 246 g/mol. The molecule has 0 saturated heterocycles. The number of carbonyl (C=O) groups is 1. The van der Waals surface area contributed by atoms with Gasteiger partial charge < -0.3 is 5.32 Å². The lowest BCUT2D eigenvalue weighted by molar-refractivity contribution is -0.125. The predicted octanol–water partition coefficient (Wildman–Crippen LogP) is 4.21. The van der Waals surface area contributed by atoms with Crippen LogP contribution in [-0.2, 0) is 4.79 Å². The summed E-state index contributed by atoms with van der Waals surface area (Å²) in [6.45, 7) is 2.08. The SMILES string of the molecule is CC(NC(=O)C1CCCC1)c1cccc2ccccc12. The third-order valence-corrected chi connectivity index (χ3v) is 4.37. The molecule has 2 nitrogen and oxygen atoms in total. The molecule has 1 atom stereocenters. The van der Waals surface area contributed by atoms with Crippen LogP contribution in [0.3, 0.4) is 0 Å². The lowest BCUT2D eigenvalue weighted by atomic mass is 9.99. The van der Waals surface area contributed by atoms with Crippen LogP contribution in [-0.4, -0.2) is 5.91 Å². The van der Waals surface area contributed by atoms with Gasteiger partial charge in [0, 0.05) is 5.92 Å². The van der Waals surface area contributed by atoms with E-state index in [1.807, 2.05) is 6.07 Å². The van der Waals surface area contributed by atoms with Crippen molar-refractivity contribution in [3.05, 3.63) is 48.0 Å². The summed E-state index contributed by atoms with van der Waals surface area (Å²) in [6, 6.07) is 14.7. The molecule has 1 fully saturated rings. The third-order valence-electron chi connectivity index (χ3n) is 4.37. The molecule has 1 saturated carbocycles. The normalized spacial score (nSPS) is 17.2. The smallest absolute Gasteiger partial charge is 0.223 e. The number of fused-ring (bicyclic) bond motifs is 1.